The summed E-state index contributed by atoms with van der Waals surface area (Å²) in [5.41, 5.74) is 0.837. The summed E-state index contributed by atoms with van der Waals surface area (Å²) in [6.07, 6.45) is 1.90. The molecule has 1 aliphatic rings. The zero-order valence-electron chi connectivity index (χ0n) is 9.25. The van der Waals surface area contributed by atoms with Crippen molar-refractivity contribution < 1.29 is 8.42 Å². The molecule has 1 aliphatic heterocycles. The third-order valence-electron chi connectivity index (χ3n) is 2.51. The molecular formula is C10H20N2O2S. The van der Waals surface area contributed by atoms with Crippen molar-refractivity contribution in [2.75, 3.05) is 25.4 Å². The normalized spacial score (nSPS) is 19.0. The Hall–Kier alpha value is -0.390. The highest BCUT2D eigenvalue weighted by molar-refractivity contribution is 7.89. The van der Waals surface area contributed by atoms with Crippen LogP contribution in [0.25, 0.3) is 0 Å². The SMILES string of the molecule is C=C(C)CNS(=O)(=O)CC1CCNCC1. The first-order valence-corrected chi connectivity index (χ1v) is 6.97. The lowest BCUT2D eigenvalue weighted by atomic mass is 10.0. The number of hydrogen-bond acceptors (Lipinski definition) is 3. The van der Waals surface area contributed by atoms with Crippen LogP contribution in [0.5, 0.6) is 0 Å². The molecule has 0 spiro atoms. The van der Waals surface area contributed by atoms with Crippen molar-refractivity contribution >= 4 is 10.0 Å². The first kappa shape index (κ1) is 12.7. The van der Waals surface area contributed by atoms with E-state index in [1.165, 1.54) is 0 Å². The molecule has 1 rings (SSSR count). The summed E-state index contributed by atoms with van der Waals surface area (Å²) in [4.78, 5) is 0. The number of piperidine rings is 1. The van der Waals surface area contributed by atoms with Gasteiger partial charge in [-0.15, -0.1) is 0 Å². The third-order valence-corrected chi connectivity index (χ3v) is 4.00. The van der Waals surface area contributed by atoms with E-state index in [2.05, 4.69) is 16.6 Å². The van der Waals surface area contributed by atoms with E-state index in [-0.39, 0.29) is 5.75 Å². The lowest BCUT2D eigenvalue weighted by Crippen LogP contribution is -2.36. The zero-order chi connectivity index (χ0) is 11.3. The van der Waals surface area contributed by atoms with Crippen molar-refractivity contribution in [2.45, 2.75) is 19.8 Å². The minimum Gasteiger partial charge on any atom is -0.317 e. The first-order chi connectivity index (χ1) is 6.99. The van der Waals surface area contributed by atoms with Crippen LogP contribution in [0.3, 0.4) is 0 Å². The van der Waals surface area contributed by atoms with Crippen LogP contribution in [0.4, 0.5) is 0 Å². The summed E-state index contributed by atoms with van der Waals surface area (Å²) in [6, 6.07) is 0. The molecule has 1 saturated heterocycles. The number of sulfonamides is 1. The van der Waals surface area contributed by atoms with E-state index in [4.69, 9.17) is 0 Å². The van der Waals surface area contributed by atoms with Gasteiger partial charge < -0.3 is 5.32 Å². The molecule has 4 nitrogen and oxygen atoms in total. The highest BCUT2D eigenvalue weighted by atomic mass is 32.2. The van der Waals surface area contributed by atoms with Crippen molar-refractivity contribution in [3.05, 3.63) is 12.2 Å². The fraction of sp³-hybridized carbons (Fsp3) is 0.800. The van der Waals surface area contributed by atoms with Crippen LogP contribution in [0.15, 0.2) is 12.2 Å². The van der Waals surface area contributed by atoms with E-state index >= 15 is 0 Å². The summed E-state index contributed by atoms with van der Waals surface area (Å²) < 4.78 is 25.8. The van der Waals surface area contributed by atoms with Gasteiger partial charge >= 0.3 is 0 Å². The average Bonchev–Trinajstić information content (AvgIpc) is 2.16. The van der Waals surface area contributed by atoms with Gasteiger partial charge in [-0.05, 0) is 38.8 Å². The van der Waals surface area contributed by atoms with E-state index in [9.17, 15) is 8.42 Å². The minimum absolute atomic E-state index is 0.252. The first-order valence-electron chi connectivity index (χ1n) is 5.32. The van der Waals surface area contributed by atoms with Crippen molar-refractivity contribution in [1.29, 1.82) is 0 Å². The Kier molecular flexibility index (Phi) is 4.76. The van der Waals surface area contributed by atoms with E-state index in [0.29, 0.717) is 12.5 Å². The van der Waals surface area contributed by atoms with E-state index in [1.54, 1.807) is 0 Å². The molecule has 0 aromatic rings. The molecule has 5 heteroatoms. The lowest BCUT2D eigenvalue weighted by molar-refractivity contribution is 0.400. The molecule has 0 aromatic heterocycles. The van der Waals surface area contributed by atoms with Crippen LogP contribution in [0.2, 0.25) is 0 Å². The second-order valence-electron chi connectivity index (χ2n) is 4.25. The molecule has 1 fully saturated rings. The highest BCUT2D eigenvalue weighted by Crippen LogP contribution is 2.13. The molecule has 0 amide bonds. The van der Waals surface area contributed by atoms with Crippen LogP contribution in [0, 0.1) is 5.92 Å². The van der Waals surface area contributed by atoms with E-state index < -0.39 is 10.0 Å². The topological polar surface area (TPSA) is 58.2 Å². The summed E-state index contributed by atoms with van der Waals surface area (Å²) >= 11 is 0. The van der Waals surface area contributed by atoms with Gasteiger partial charge in [0.1, 0.15) is 0 Å². The van der Waals surface area contributed by atoms with Crippen LogP contribution in [0.1, 0.15) is 19.8 Å². The van der Waals surface area contributed by atoms with Gasteiger partial charge in [-0.2, -0.15) is 0 Å². The van der Waals surface area contributed by atoms with Gasteiger partial charge in [-0.25, -0.2) is 13.1 Å². The summed E-state index contributed by atoms with van der Waals surface area (Å²) in [5.74, 6) is 0.552. The Labute approximate surface area is 92.2 Å². The minimum atomic E-state index is -3.11. The molecule has 1 heterocycles. The van der Waals surface area contributed by atoms with Gasteiger partial charge in [0, 0.05) is 6.54 Å². The fourth-order valence-electron chi connectivity index (χ4n) is 1.65. The molecule has 2 N–H and O–H groups in total. The van der Waals surface area contributed by atoms with E-state index in [0.717, 1.165) is 31.5 Å². The smallest absolute Gasteiger partial charge is 0.212 e. The second kappa shape index (κ2) is 5.63. The quantitative estimate of drug-likeness (QED) is 0.678. The Bertz CT molecular complexity index is 305. The average molecular weight is 232 g/mol. The standard InChI is InChI=1S/C10H20N2O2S/c1-9(2)7-12-15(13,14)8-10-3-5-11-6-4-10/h10-12H,1,3-8H2,2H3. The molecule has 0 bridgehead atoms. The van der Waals surface area contributed by atoms with Crippen LogP contribution in [-0.2, 0) is 10.0 Å². The van der Waals surface area contributed by atoms with Crippen LogP contribution >= 0.6 is 0 Å². The largest absolute Gasteiger partial charge is 0.317 e. The molecule has 0 unspecified atom stereocenters. The molecule has 88 valence electrons. The monoisotopic (exact) mass is 232 g/mol. The van der Waals surface area contributed by atoms with Gasteiger partial charge in [-0.1, -0.05) is 12.2 Å². The molecule has 0 aromatic carbocycles. The number of nitrogens with one attached hydrogen (secondary N) is 2. The summed E-state index contributed by atoms with van der Waals surface area (Å²) in [5, 5.41) is 3.22. The van der Waals surface area contributed by atoms with Gasteiger partial charge in [0.2, 0.25) is 10.0 Å². The van der Waals surface area contributed by atoms with Crippen LogP contribution in [-0.4, -0.2) is 33.8 Å². The molecule has 0 saturated carbocycles. The maximum absolute atomic E-state index is 11.6. The Morgan fingerprint density at radius 3 is 2.60 bits per heavy atom. The molecular weight excluding hydrogens is 212 g/mol. The number of rotatable bonds is 5. The maximum Gasteiger partial charge on any atom is 0.212 e. The number of hydrogen-bond donors (Lipinski definition) is 2. The van der Waals surface area contributed by atoms with Crippen molar-refractivity contribution in [2.24, 2.45) is 5.92 Å². The lowest BCUT2D eigenvalue weighted by Gasteiger charge is -2.22. The maximum atomic E-state index is 11.6. The molecule has 0 aliphatic carbocycles. The molecule has 15 heavy (non-hydrogen) atoms. The molecule has 0 radical (unpaired) electrons. The Balaban J connectivity index is 2.37. The summed E-state index contributed by atoms with van der Waals surface area (Å²) in [6.45, 7) is 7.70. The second-order valence-corrected chi connectivity index (χ2v) is 6.10. The Morgan fingerprint density at radius 1 is 1.47 bits per heavy atom. The highest BCUT2D eigenvalue weighted by Gasteiger charge is 2.20. The summed E-state index contributed by atoms with van der Waals surface area (Å²) in [7, 11) is -3.11. The van der Waals surface area contributed by atoms with Gasteiger partial charge in [0.25, 0.3) is 0 Å². The zero-order valence-corrected chi connectivity index (χ0v) is 10.1. The molecule has 0 atom stereocenters. The van der Waals surface area contributed by atoms with Crippen LogP contribution < -0.4 is 10.0 Å². The Morgan fingerprint density at radius 2 is 2.07 bits per heavy atom. The fourth-order valence-corrected chi connectivity index (χ4v) is 3.19. The van der Waals surface area contributed by atoms with Crippen molar-refractivity contribution in [1.82, 2.24) is 10.0 Å². The van der Waals surface area contributed by atoms with Gasteiger partial charge in [-0.3, -0.25) is 0 Å². The van der Waals surface area contributed by atoms with Crippen molar-refractivity contribution in [3.8, 4) is 0 Å². The predicted molar refractivity (Wildman–Crippen MR) is 62.2 cm³/mol. The van der Waals surface area contributed by atoms with Gasteiger partial charge in [0.15, 0.2) is 0 Å². The predicted octanol–water partition coefficient (Wildman–Crippen LogP) is 0.481. The van der Waals surface area contributed by atoms with Gasteiger partial charge in [0.05, 0.1) is 5.75 Å². The van der Waals surface area contributed by atoms with E-state index in [1.807, 2.05) is 6.92 Å². The van der Waals surface area contributed by atoms with Crippen molar-refractivity contribution in [3.63, 3.8) is 0 Å². The third kappa shape index (κ3) is 5.30.